The first kappa shape index (κ1) is 7.66. The lowest BCUT2D eigenvalue weighted by molar-refractivity contribution is -0.116. The Morgan fingerprint density at radius 3 is 2.89 bits per heavy atom. The van der Waals surface area contributed by atoms with Gasteiger partial charge in [-0.3, -0.25) is 4.79 Å². The molecule has 3 nitrogen and oxygen atoms in total. The lowest BCUT2D eigenvalue weighted by Crippen LogP contribution is -2.20. The minimum atomic E-state index is -0.440. The van der Waals surface area contributed by atoms with Gasteiger partial charge >= 0.3 is 0 Å². The molecule has 0 rings (SSSR count). The Bertz CT molecular complexity index is 156. The van der Waals surface area contributed by atoms with Crippen LogP contribution in [0.2, 0.25) is 0 Å². The predicted molar refractivity (Wildman–Crippen MR) is 33.5 cm³/mol. The van der Waals surface area contributed by atoms with E-state index in [9.17, 15) is 9.59 Å². The van der Waals surface area contributed by atoms with Gasteiger partial charge in [0.1, 0.15) is 5.94 Å². The molecule has 9 heavy (non-hydrogen) atoms. The van der Waals surface area contributed by atoms with E-state index in [0.717, 1.165) is 6.08 Å². The van der Waals surface area contributed by atoms with Gasteiger partial charge in [0.25, 0.3) is 5.91 Å². The Morgan fingerprint density at radius 2 is 2.44 bits per heavy atom. The third kappa shape index (κ3) is 4.51. The summed E-state index contributed by atoms with van der Waals surface area (Å²) in [6.07, 6.45) is 2.32. The molecule has 0 saturated heterocycles. The van der Waals surface area contributed by atoms with Crippen molar-refractivity contribution < 1.29 is 9.59 Å². The van der Waals surface area contributed by atoms with Crippen molar-refractivity contribution in [1.82, 2.24) is 5.32 Å². The SMILES string of the molecule is C=CCNC(=O)C=C=O. The largest absolute Gasteiger partial charge is 0.348 e. The number of hydrogen-bond acceptors (Lipinski definition) is 2. The molecule has 0 fully saturated rings. The summed E-state index contributed by atoms with van der Waals surface area (Å²) in [4.78, 5) is 19.8. The van der Waals surface area contributed by atoms with Gasteiger partial charge in [0.15, 0.2) is 0 Å². The standard InChI is InChI=1S/C6H7NO2/c1-2-4-7-6(9)3-5-8/h2-3H,1,4H2,(H,7,9). The van der Waals surface area contributed by atoms with Gasteiger partial charge in [0.05, 0.1) is 6.08 Å². The highest BCUT2D eigenvalue weighted by Crippen LogP contribution is 1.64. The van der Waals surface area contributed by atoms with Crippen LogP contribution >= 0.6 is 0 Å². The first-order valence-electron chi connectivity index (χ1n) is 2.41. The summed E-state index contributed by atoms with van der Waals surface area (Å²) in [5.74, 6) is 0.915. The molecule has 0 aromatic rings. The van der Waals surface area contributed by atoms with Gasteiger partial charge in [0, 0.05) is 6.54 Å². The van der Waals surface area contributed by atoms with Crippen molar-refractivity contribution in [2.24, 2.45) is 0 Å². The van der Waals surface area contributed by atoms with Gasteiger partial charge in [-0.15, -0.1) is 6.58 Å². The molecule has 0 aliphatic rings. The smallest absolute Gasteiger partial charge is 0.255 e. The normalized spacial score (nSPS) is 7.11. The summed E-state index contributed by atoms with van der Waals surface area (Å²) in [6, 6.07) is 0. The van der Waals surface area contributed by atoms with E-state index < -0.39 is 5.91 Å². The molecule has 1 N–H and O–H groups in total. The average Bonchev–Trinajstić information content (AvgIpc) is 1.85. The molecule has 0 aliphatic heterocycles. The highest BCUT2D eigenvalue weighted by atomic mass is 16.2. The van der Waals surface area contributed by atoms with Crippen LogP contribution < -0.4 is 5.32 Å². The molecular weight excluding hydrogens is 118 g/mol. The second-order valence-electron chi connectivity index (χ2n) is 1.30. The van der Waals surface area contributed by atoms with Crippen molar-refractivity contribution in [3.8, 4) is 0 Å². The Morgan fingerprint density at radius 1 is 1.78 bits per heavy atom. The van der Waals surface area contributed by atoms with Crippen LogP contribution in [0.15, 0.2) is 18.7 Å². The average molecular weight is 125 g/mol. The molecule has 0 heterocycles. The van der Waals surface area contributed by atoms with Crippen LogP contribution in [0.4, 0.5) is 0 Å². The van der Waals surface area contributed by atoms with Crippen LogP contribution in [0.5, 0.6) is 0 Å². The van der Waals surface area contributed by atoms with Crippen LogP contribution in [-0.2, 0) is 9.59 Å². The van der Waals surface area contributed by atoms with Crippen molar-refractivity contribution in [2.45, 2.75) is 0 Å². The number of nitrogens with one attached hydrogen (secondary N) is 1. The van der Waals surface area contributed by atoms with Crippen LogP contribution in [0.25, 0.3) is 0 Å². The quantitative estimate of drug-likeness (QED) is 0.319. The fraction of sp³-hybridized carbons (Fsp3) is 0.167. The topological polar surface area (TPSA) is 46.2 Å². The fourth-order valence-electron chi connectivity index (χ4n) is 0.277. The van der Waals surface area contributed by atoms with Gasteiger partial charge in [-0.25, -0.2) is 4.79 Å². The van der Waals surface area contributed by atoms with Crippen molar-refractivity contribution in [1.29, 1.82) is 0 Å². The molecular formula is C6H7NO2. The molecule has 0 saturated carbocycles. The number of hydrogen-bond donors (Lipinski definition) is 1. The first-order valence-corrected chi connectivity index (χ1v) is 2.41. The van der Waals surface area contributed by atoms with Crippen molar-refractivity contribution in [3.05, 3.63) is 18.7 Å². The minimum absolute atomic E-state index is 0.372. The summed E-state index contributed by atoms with van der Waals surface area (Å²) in [6.45, 7) is 3.74. The summed E-state index contributed by atoms with van der Waals surface area (Å²) in [5, 5.41) is 2.36. The van der Waals surface area contributed by atoms with Gasteiger partial charge in [-0.1, -0.05) is 6.08 Å². The second kappa shape index (κ2) is 4.81. The Labute approximate surface area is 53.1 Å². The zero-order valence-electron chi connectivity index (χ0n) is 4.89. The highest BCUT2D eigenvalue weighted by molar-refractivity contribution is 5.94. The van der Waals surface area contributed by atoms with Crippen LogP contribution in [0.3, 0.4) is 0 Å². The monoisotopic (exact) mass is 125 g/mol. The van der Waals surface area contributed by atoms with Gasteiger partial charge < -0.3 is 5.32 Å². The van der Waals surface area contributed by atoms with Crippen molar-refractivity contribution in [3.63, 3.8) is 0 Å². The van der Waals surface area contributed by atoms with Crippen molar-refractivity contribution >= 4 is 11.8 Å². The molecule has 0 aromatic heterocycles. The lowest BCUT2D eigenvalue weighted by Gasteiger charge is -1.91. The summed E-state index contributed by atoms with van der Waals surface area (Å²) >= 11 is 0. The van der Waals surface area contributed by atoms with Crippen LogP contribution in [0, 0.1) is 0 Å². The van der Waals surface area contributed by atoms with Crippen LogP contribution in [-0.4, -0.2) is 18.4 Å². The molecule has 0 spiro atoms. The van der Waals surface area contributed by atoms with Crippen molar-refractivity contribution in [2.75, 3.05) is 6.54 Å². The summed E-state index contributed by atoms with van der Waals surface area (Å²) in [5.41, 5.74) is 0. The lowest BCUT2D eigenvalue weighted by atomic mass is 10.5. The minimum Gasteiger partial charge on any atom is -0.348 e. The zero-order valence-corrected chi connectivity index (χ0v) is 4.89. The van der Waals surface area contributed by atoms with E-state index in [1.807, 2.05) is 0 Å². The molecule has 0 aliphatic carbocycles. The first-order chi connectivity index (χ1) is 4.31. The van der Waals surface area contributed by atoms with E-state index in [1.165, 1.54) is 12.0 Å². The molecule has 3 heteroatoms. The Kier molecular flexibility index (Phi) is 4.09. The molecule has 0 aromatic carbocycles. The third-order valence-corrected chi connectivity index (χ3v) is 0.611. The summed E-state index contributed by atoms with van der Waals surface area (Å²) in [7, 11) is 0. The van der Waals surface area contributed by atoms with E-state index >= 15 is 0 Å². The number of rotatable bonds is 3. The van der Waals surface area contributed by atoms with E-state index in [1.54, 1.807) is 0 Å². The molecule has 48 valence electrons. The second-order valence-corrected chi connectivity index (χ2v) is 1.30. The van der Waals surface area contributed by atoms with Gasteiger partial charge in [0.2, 0.25) is 0 Å². The maximum atomic E-state index is 10.3. The molecule has 0 bridgehead atoms. The maximum Gasteiger partial charge on any atom is 0.255 e. The maximum absolute atomic E-state index is 10.3. The molecule has 0 unspecified atom stereocenters. The summed E-state index contributed by atoms with van der Waals surface area (Å²) < 4.78 is 0. The van der Waals surface area contributed by atoms with Gasteiger partial charge in [-0.05, 0) is 0 Å². The molecule has 1 amide bonds. The molecule has 0 radical (unpaired) electrons. The Balaban J connectivity index is 3.50. The van der Waals surface area contributed by atoms with E-state index in [-0.39, 0.29) is 0 Å². The predicted octanol–water partition coefficient (Wildman–Crippen LogP) is -0.324. The van der Waals surface area contributed by atoms with Gasteiger partial charge in [-0.2, -0.15) is 0 Å². The number of carbonyl (C=O) groups excluding carboxylic acids is 2. The molecule has 0 atom stereocenters. The van der Waals surface area contributed by atoms with Crippen LogP contribution in [0.1, 0.15) is 0 Å². The highest BCUT2D eigenvalue weighted by Gasteiger charge is 1.88. The van der Waals surface area contributed by atoms with E-state index in [0.29, 0.717) is 6.54 Å². The zero-order chi connectivity index (χ0) is 7.11. The van der Waals surface area contributed by atoms with E-state index in [2.05, 4.69) is 11.9 Å². The van der Waals surface area contributed by atoms with E-state index in [4.69, 9.17) is 0 Å². The fourth-order valence-corrected chi connectivity index (χ4v) is 0.277. The Hall–Kier alpha value is -1.34. The number of carbonyl (C=O) groups is 1. The third-order valence-electron chi connectivity index (χ3n) is 0.611. The number of amides is 1.